The first-order chi connectivity index (χ1) is 13.6. The molecule has 0 heterocycles. The average molecular weight is 513 g/mol. The number of guanidine groups is 1. The predicted molar refractivity (Wildman–Crippen MR) is 129 cm³/mol. The molecule has 0 spiro atoms. The number of halogens is 1. The zero-order chi connectivity index (χ0) is 20.2. The number of aliphatic imine (C=N–C) groups is 1. The zero-order valence-electron chi connectivity index (χ0n) is 17.7. The van der Waals surface area contributed by atoms with Crippen LogP contribution in [-0.4, -0.2) is 46.5 Å². The van der Waals surface area contributed by atoms with E-state index in [1.54, 1.807) is 14.2 Å². The number of aryl methyl sites for hydroxylation is 2. The van der Waals surface area contributed by atoms with Crippen molar-refractivity contribution in [3.8, 4) is 11.5 Å². The van der Waals surface area contributed by atoms with Crippen LogP contribution >= 0.6 is 24.0 Å². The van der Waals surface area contributed by atoms with E-state index in [-0.39, 0.29) is 24.0 Å². The number of methoxy groups -OCH3 is 1. The molecule has 0 saturated heterocycles. The second kappa shape index (κ2) is 14.1. The number of nitrogens with one attached hydrogen (secondary N) is 2. The Hall–Kier alpha value is -2.00. The van der Waals surface area contributed by atoms with Crippen LogP contribution in [0.3, 0.4) is 0 Å². The summed E-state index contributed by atoms with van der Waals surface area (Å²) < 4.78 is 16.7. The van der Waals surface area contributed by atoms with Crippen LogP contribution in [0.4, 0.5) is 0 Å². The maximum absolute atomic E-state index is 5.84. The molecule has 0 aromatic heterocycles. The van der Waals surface area contributed by atoms with E-state index in [1.165, 1.54) is 0 Å². The molecule has 160 valence electrons. The van der Waals surface area contributed by atoms with Gasteiger partial charge in [0.1, 0.15) is 24.7 Å². The monoisotopic (exact) mass is 513 g/mol. The Morgan fingerprint density at radius 1 is 0.931 bits per heavy atom. The van der Waals surface area contributed by atoms with Gasteiger partial charge in [-0.1, -0.05) is 30.3 Å². The Bertz CT molecular complexity index is 769. The third kappa shape index (κ3) is 8.91. The van der Waals surface area contributed by atoms with Crippen molar-refractivity contribution in [3.63, 3.8) is 0 Å². The Kier molecular flexibility index (Phi) is 12.1. The van der Waals surface area contributed by atoms with E-state index in [2.05, 4.69) is 34.7 Å². The van der Waals surface area contributed by atoms with Crippen molar-refractivity contribution in [3.05, 3.63) is 59.2 Å². The molecule has 0 aliphatic rings. The minimum absolute atomic E-state index is 0. The lowest BCUT2D eigenvalue weighted by molar-refractivity contribution is 0.145. The minimum atomic E-state index is 0. The fourth-order valence-electron chi connectivity index (χ4n) is 2.63. The summed E-state index contributed by atoms with van der Waals surface area (Å²) >= 11 is 0. The highest BCUT2D eigenvalue weighted by atomic mass is 127. The van der Waals surface area contributed by atoms with Crippen molar-refractivity contribution in [2.75, 3.05) is 40.5 Å². The van der Waals surface area contributed by atoms with E-state index < -0.39 is 0 Å². The molecule has 0 fully saturated rings. The van der Waals surface area contributed by atoms with Gasteiger partial charge in [-0.3, -0.25) is 4.99 Å². The van der Waals surface area contributed by atoms with Gasteiger partial charge in [0, 0.05) is 26.3 Å². The molecule has 0 atom stereocenters. The number of hydrogen-bond donors (Lipinski definition) is 2. The molecule has 2 aromatic carbocycles. The Morgan fingerprint density at radius 2 is 1.69 bits per heavy atom. The highest BCUT2D eigenvalue weighted by Gasteiger charge is 2.06. The fourth-order valence-corrected chi connectivity index (χ4v) is 2.63. The lowest BCUT2D eigenvalue weighted by Crippen LogP contribution is -2.39. The van der Waals surface area contributed by atoms with Gasteiger partial charge < -0.3 is 24.8 Å². The standard InChI is InChI=1S/C22H31N3O3.HI/c1-17-9-10-19(21(15-17)28-14-13-26-4)16-25-22(23-3)24-11-12-27-20-8-6-5-7-18(20)2;/h5-10,15H,11-14,16H2,1-4H3,(H2,23,24,25);1H. The van der Waals surface area contributed by atoms with Crippen molar-refractivity contribution in [2.45, 2.75) is 20.4 Å². The van der Waals surface area contributed by atoms with Gasteiger partial charge in [0.2, 0.25) is 0 Å². The van der Waals surface area contributed by atoms with Gasteiger partial charge in [-0.2, -0.15) is 0 Å². The summed E-state index contributed by atoms with van der Waals surface area (Å²) in [6.07, 6.45) is 0. The fraction of sp³-hybridized carbons (Fsp3) is 0.409. The van der Waals surface area contributed by atoms with Crippen LogP contribution in [-0.2, 0) is 11.3 Å². The van der Waals surface area contributed by atoms with Gasteiger partial charge in [-0.25, -0.2) is 0 Å². The molecule has 29 heavy (non-hydrogen) atoms. The van der Waals surface area contributed by atoms with Gasteiger partial charge in [0.15, 0.2) is 5.96 Å². The largest absolute Gasteiger partial charge is 0.491 e. The molecule has 0 aliphatic carbocycles. The summed E-state index contributed by atoms with van der Waals surface area (Å²) in [5.74, 6) is 2.49. The number of rotatable bonds is 10. The average Bonchev–Trinajstić information content (AvgIpc) is 2.70. The van der Waals surface area contributed by atoms with E-state index >= 15 is 0 Å². The number of ether oxygens (including phenoxy) is 3. The third-order valence-corrected chi connectivity index (χ3v) is 4.18. The third-order valence-electron chi connectivity index (χ3n) is 4.18. The highest BCUT2D eigenvalue weighted by Crippen LogP contribution is 2.20. The van der Waals surface area contributed by atoms with E-state index in [9.17, 15) is 0 Å². The molecule has 6 nitrogen and oxygen atoms in total. The first kappa shape index (κ1) is 25.0. The molecular weight excluding hydrogens is 481 g/mol. The van der Waals surface area contributed by atoms with E-state index in [4.69, 9.17) is 14.2 Å². The first-order valence-electron chi connectivity index (χ1n) is 9.48. The van der Waals surface area contributed by atoms with E-state index in [0.717, 1.165) is 34.1 Å². The summed E-state index contributed by atoms with van der Waals surface area (Å²) in [5.41, 5.74) is 3.36. The molecule has 2 N–H and O–H groups in total. The molecule has 0 unspecified atom stereocenters. The van der Waals surface area contributed by atoms with Crippen LogP contribution in [0, 0.1) is 13.8 Å². The van der Waals surface area contributed by atoms with Crippen LogP contribution in [0.25, 0.3) is 0 Å². The van der Waals surface area contributed by atoms with Crippen LogP contribution in [0.2, 0.25) is 0 Å². The normalized spacial score (nSPS) is 10.8. The summed E-state index contributed by atoms with van der Waals surface area (Å²) in [6.45, 7) is 7.00. The quantitative estimate of drug-likeness (QED) is 0.220. The van der Waals surface area contributed by atoms with Crippen LogP contribution in [0.1, 0.15) is 16.7 Å². The Balaban J connectivity index is 0.00000420. The molecule has 2 rings (SSSR count). The smallest absolute Gasteiger partial charge is 0.191 e. The van der Waals surface area contributed by atoms with Gasteiger partial charge >= 0.3 is 0 Å². The molecule has 0 amide bonds. The van der Waals surface area contributed by atoms with Crippen molar-refractivity contribution in [2.24, 2.45) is 4.99 Å². The lowest BCUT2D eigenvalue weighted by Gasteiger charge is -2.16. The summed E-state index contributed by atoms with van der Waals surface area (Å²) in [7, 11) is 3.42. The lowest BCUT2D eigenvalue weighted by atomic mass is 10.1. The van der Waals surface area contributed by atoms with Gasteiger partial charge in [-0.05, 0) is 37.1 Å². The molecule has 0 saturated carbocycles. The van der Waals surface area contributed by atoms with Gasteiger partial charge in [-0.15, -0.1) is 24.0 Å². The van der Waals surface area contributed by atoms with Crippen LogP contribution in [0.5, 0.6) is 11.5 Å². The molecule has 0 radical (unpaired) electrons. The van der Waals surface area contributed by atoms with Gasteiger partial charge in [0.05, 0.1) is 13.2 Å². The number of benzene rings is 2. The van der Waals surface area contributed by atoms with Crippen LogP contribution in [0.15, 0.2) is 47.5 Å². The van der Waals surface area contributed by atoms with Crippen molar-refractivity contribution < 1.29 is 14.2 Å². The Labute approximate surface area is 191 Å². The molecule has 0 bridgehead atoms. The molecule has 0 aliphatic heterocycles. The number of hydrogen-bond acceptors (Lipinski definition) is 4. The predicted octanol–water partition coefficient (Wildman–Crippen LogP) is 3.69. The minimum Gasteiger partial charge on any atom is -0.491 e. The second-order valence-electron chi connectivity index (χ2n) is 6.42. The van der Waals surface area contributed by atoms with Gasteiger partial charge in [0.25, 0.3) is 0 Å². The summed E-state index contributed by atoms with van der Waals surface area (Å²) in [4.78, 5) is 4.27. The molecule has 7 heteroatoms. The molecule has 2 aromatic rings. The summed E-state index contributed by atoms with van der Waals surface area (Å²) in [5, 5.41) is 6.58. The maximum atomic E-state index is 5.84. The van der Waals surface area contributed by atoms with Crippen molar-refractivity contribution in [1.82, 2.24) is 10.6 Å². The topological polar surface area (TPSA) is 64.1 Å². The maximum Gasteiger partial charge on any atom is 0.191 e. The summed E-state index contributed by atoms with van der Waals surface area (Å²) in [6, 6.07) is 14.2. The number of nitrogens with zero attached hydrogens (tertiary/aromatic N) is 1. The first-order valence-corrected chi connectivity index (χ1v) is 9.48. The molecular formula is C22H32IN3O3. The highest BCUT2D eigenvalue weighted by molar-refractivity contribution is 14.0. The second-order valence-corrected chi connectivity index (χ2v) is 6.42. The van der Waals surface area contributed by atoms with Crippen LogP contribution < -0.4 is 20.1 Å². The van der Waals surface area contributed by atoms with Crippen molar-refractivity contribution in [1.29, 1.82) is 0 Å². The Morgan fingerprint density at radius 3 is 2.41 bits per heavy atom. The van der Waals surface area contributed by atoms with E-state index in [1.807, 2.05) is 37.3 Å². The van der Waals surface area contributed by atoms with E-state index in [0.29, 0.717) is 32.9 Å². The SMILES string of the molecule is CN=C(NCCOc1ccccc1C)NCc1ccc(C)cc1OCCOC.I. The number of para-hydroxylation sites is 1. The zero-order valence-corrected chi connectivity index (χ0v) is 20.0. The van der Waals surface area contributed by atoms with Crippen molar-refractivity contribution >= 4 is 29.9 Å².